The Labute approximate surface area is 98.2 Å². The molecular formula is C11H13N3O3. The predicted octanol–water partition coefficient (Wildman–Crippen LogP) is 0.480. The van der Waals surface area contributed by atoms with Gasteiger partial charge in [0, 0.05) is 19.2 Å². The Bertz CT molecular complexity index is 455. The van der Waals surface area contributed by atoms with Crippen molar-refractivity contribution < 1.29 is 13.9 Å². The smallest absolute Gasteiger partial charge is 0.318 e. The Morgan fingerprint density at radius 2 is 2.59 bits per heavy atom. The van der Waals surface area contributed by atoms with Crippen LogP contribution < -0.4 is 5.32 Å². The maximum Gasteiger partial charge on any atom is 0.318 e. The van der Waals surface area contributed by atoms with Crippen LogP contribution in [0.3, 0.4) is 0 Å². The summed E-state index contributed by atoms with van der Waals surface area (Å²) in [5.41, 5.74) is 0.978. The highest BCUT2D eigenvalue weighted by Gasteiger charge is 2.40. The van der Waals surface area contributed by atoms with Gasteiger partial charge in [-0.2, -0.15) is 0 Å². The molecule has 6 heteroatoms. The first-order valence-electron chi connectivity index (χ1n) is 5.46. The van der Waals surface area contributed by atoms with E-state index in [2.05, 4.69) is 10.3 Å². The molecule has 1 aromatic heterocycles. The fraction of sp³-hybridized carbons (Fsp3) is 0.455. The third-order valence-electron chi connectivity index (χ3n) is 3.14. The Kier molecular flexibility index (Phi) is 2.36. The minimum Gasteiger partial charge on any atom is -0.444 e. The molecular weight excluding hydrogens is 222 g/mol. The normalized spacial score (nSPS) is 27.0. The lowest BCUT2D eigenvalue weighted by Gasteiger charge is -2.28. The largest absolute Gasteiger partial charge is 0.444 e. The molecule has 2 aliphatic rings. The molecule has 0 unspecified atom stereocenters. The van der Waals surface area contributed by atoms with Crippen LogP contribution in [0.4, 0.5) is 4.79 Å². The standard InChI is InChI=1S/C11H13N3O3/c1-16-5-7-2-8(10-3-12-6-17-10)9-4-14(7)11(15)13-9/h2-3,6-7,9H,4-5H2,1H3,(H,13,15)/t7-,9+/m1/s1. The number of amides is 2. The van der Waals surface area contributed by atoms with Crippen LogP contribution in [0.25, 0.3) is 5.57 Å². The second kappa shape index (κ2) is 3.89. The van der Waals surface area contributed by atoms with Gasteiger partial charge in [0.05, 0.1) is 24.9 Å². The van der Waals surface area contributed by atoms with E-state index in [0.29, 0.717) is 18.9 Å². The molecule has 0 aromatic carbocycles. The Balaban J connectivity index is 1.95. The average molecular weight is 235 g/mol. The molecule has 1 saturated heterocycles. The molecule has 1 fully saturated rings. The number of oxazole rings is 1. The van der Waals surface area contributed by atoms with E-state index >= 15 is 0 Å². The summed E-state index contributed by atoms with van der Waals surface area (Å²) >= 11 is 0. The summed E-state index contributed by atoms with van der Waals surface area (Å²) in [5.74, 6) is 0.706. The van der Waals surface area contributed by atoms with Crippen LogP contribution in [0, 0.1) is 0 Å². The zero-order valence-electron chi connectivity index (χ0n) is 9.42. The molecule has 2 amide bonds. The lowest BCUT2D eigenvalue weighted by molar-refractivity contribution is 0.133. The van der Waals surface area contributed by atoms with Gasteiger partial charge < -0.3 is 19.4 Å². The van der Waals surface area contributed by atoms with Gasteiger partial charge in [0.15, 0.2) is 12.2 Å². The van der Waals surface area contributed by atoms with Crippen molar-refractivity contribution in [3.05, 3.63) is 24.4 Å². The summed E-state index contributed by atoms with van der Waals surface area (Å²) in [6, 6.07) is -0.106. The van der Waals surface area contributed by atoms with Gasteiger partial charge in [-0.05, 0) is 0 Å². The van der Waals surface area contributed by atoms with Gasteiger partial charge in [-0.3, -0.25) is 0 Å². The quantitative estimate of drug-likeness (QED) is 0.827. The van der Waals surface area contributed by atoms with Crippen LogP contribution in [0.15, 0.2) is 23.1 Å². The third kappa shape index (κ3) is 1.61. The number of aromatic nitrogens is 1. The maximum absolute atomic E-state index is 11.7. The molecule has 2 atom stereocenters. The molecule has 2 aliphatic heterocycles. The van der Waals surface area contributed by atoms with Gasteiger partial charge in [-0.15, -0.1) is 0 Å². The average Bonchev–Trinajstić information content (AvgIpc) is 2.93. The Morgan fingerprint density at radius 1 is 1.71 bits per heavy atom. The molecule has 0 saturated carbocycles. The molecule has 0 aliphatic carbocycles. The Morgan fingerprint density at radius 3 is 3.29 bits per heavy atom. The number of carbonyl (C=O) groups excluding carboxylic acids is 1. The minimum atomic E-state index is -0.0529. The second-order valence-electron chi connectivity index (χ2n) is 4.16. The molecule has 1 aromatic rings. The summed E-state index contributed by atoms with van der Waals surface area (Å²) in [6.07, 6.45) is 5.07. The van der Waals surface area contributed by atoms with Crippen LogP contribution in [-0.4, -0.2) is 48.3 Å². The molecule has 17 heavy (non-hydrogen) atoms. The zero-order valence-corrected chi connectivity index (χ0v) is 9.42. The van der Waals surface area contributed by atoms with Crippen LogP contribution in [0.2, 0.25) is 0 Å². The molecule has 3 rings (SSSR count). The zero-order chi connectivity index (χ0) is 11.8. The van der Waals surface area contributed by atoms with Crippen LogP contribution in [0.5, 0.6) is 0 Å². The maximum atomic E-state index is 11.7. The van der Waals surface area contributed by atoms with Crippen LogP contribution in [0.1, 0.15) is 5.76 Å². The van der Waals surface area contributed by atoms with Crippen molar-refractivity contribution in [2.75, 3.05) is 20.3 Å². The lowest BCUT2D eigenvalue weighted by atomic mass is 9.98. The van der Waals surface area contributed by atoms with E-state index in [1.165, 1.54) is 6.39 Å². The van der Waals surface area contributed by atoms with E-state index in [4.69, 9.17) is 9.15 Å². The SMILES string of the molecule is COC[C@H]1C=C(c2cnco2)[C@@H]2CN1C(=O)N2. The topological polar surface area (TPSA) is 67.6 Å². The molecule has 3 heterocycles. The van der Waals surface area contributed by atoms with Gasteiger partial charge in [0.2, 0.25) is 0 Å². The van der Waals surface area contributed by atoms with Crippen LogP contribution in [-0.2, 0) is 4.74 Å². The summed E-state index contributed by atoms with van der Waals surface area (Å²) in [7, 11) is 1.63. The number of carbonyl (C=O) groups is 1. The predicted molar refractivity (Wildman–Crippen MR) is 59.2 cm³/mol. The molecule has 0 radical (unpaired) electrons. The number of nitrogens with zero attached hydrogens (tertiary/aromatic N) is 2. The Hall–Kier alpha value is -1.82. The summed E-state index contributed by atoms with van der Waals surface area (Å²) in [4.78, 5) is 17.4. The lowest BCUT2D eigenvalue weighted by Crippen LogP contribution is -2.41. The number of rotatable bonds is 3. The number of ether oxygens (including phenoxy) is 1. The molecule has 1 N–H and O–H groups in total. The van der Waals surface area contributed by atoms with Gasteiger partial charge in [-0.1, -0.05) is 6.08 Å². The number of fused-ring (bicyclic) bond motifs is 2. The highest BCUT2D eigenvalue weighted by molar-refractivity contribution is 5.85. The number of methoxy groups -OCH3 is 1. The van der Waals surface area contributed by atoms with Gasteiger partial charge in [0.1, 0.15) is 0 Å². The number of nitrogens with one attached hydrogen (secondary N) is 1. The highest BCUT2D eigenvalue weighted by atomic mass is 16.5. The fourth-order valence-corrected chi connectivity index (χ4v) is 2.35. The van der Waals surface area contributed by atoms with E-state index in [1.807, 2.05) is 6.08 Å². The van der Waals surface area contributed by atoms with Gasteiger partial charge in [-0.25, -0.2) is 9.78 Å². The van der Waals surface area contributed by atoms with Crippen molar-refractivity contribution in [3.8, 4) is 0 Å². The van der Waals surface area contributed by atoms with Gasteiger partial charge in [0.25, 0.3) is 0 Å². The van der Waals surface area contributed by atoms with E-state index in [1.54, 1.807) is 18.2 Å². The number of hydrogen-bond donors (Lipinski definition) is 1. The van der Waals surface area contributed by atoms with Gasteiger partial charge >= 0.3 is 6.03 Å². The highest BCUT2D eigenvalue weighted by Crippen LogP contribution is 2.29. The van der Waals surface area contributed by atoms with Crippen molar-refractivity contribution in [1.29, 1.82) is 0 Å². The first-order chi connectivity index (χ1) is 8.29. The second-order valence-corrected chi connectivity index (χ2v) is 4.16. The summed E-state index contributed by atoms with van der Waals surface area (Å²) in [6.45, 7) is 1.14. The molecule has 6 nitrogen and oxygen atoms in total. The molecule has 0 spiro atoms. The first kappa shape index (κ1) is 10.3. The molecule has 2 bridgehead atoms. The fourth-order valence-electron chi connectivity index (χ4n) is 2.35. The molecule has 90 valence electrons. The minimum absolute atomic E-state index is 0.0106. The van der Waals surface area contributed by atoms with Crippen molar-refractivity contribution in [2.24, 2.45) is 0 Å². The van der Waals surface area contributed by atoms with Crippen LogP contribution >= 0.6 is 0 Å². The summed E-state index contributed by atoms with van der Waals surface area (Å²) < 4.78 is 10.4. The van der Waals surface area contributed by atoms with Crippen molar-refractivity contribution in [3.63, 3.8) is 0 Å². The van der Waals surface area contributed by atoms with E-state index in [-0.39, 0.29) is 18.1 Å². The van der Waals surface area contributed by atoms with E-state index < -0.39 is 0 Å². The monoisotopic (exact) mass is 235 g/mol. The summed E-state index contributed by atoms with van der Waals surface area (Å²) in [5, 5.41) is 2.92. The van der Waals surface area contributed by atoms with E-state index in [0.717, 1.165) is 5.57 Å². The first-order valence-corrected chi connectivity index (χ1v) is 5.46. The van der Waals surface area contributed by atoms with E-state index in [9.17, 15) is 4.79 Å². The number of urea groups is 1. The van der Waals surface area contributed by atoms with Crippen molar-refractivity contribution >= 4 is 11.6 Å². The number of hydrogen-bond acceptors (Lipinski definition) is 4. The van der Waals surface area contributed by atoms with Crippen molar-refractivity contribution in [2.45, 2.75) is 12.1 Å². The van der Waals surface area contributed by atoms with Crippen molar-refractivity contribution in [1.82, 2.24) is 15.2 Å². The third-order valence-corrected chi connectivity index (χ3v) is 3.14.